The van der Waals surface area contributed by atoms with Crippen LogP contribution in [0, 0.1) is 11.8 Å². The zero-order chi connectivity index (χ0) is 11.2. The Labute approximate surface area is 101 Å². The van der Waals surface area contributed by atoms with Crippen LogP contribution in [0.15, 0.2) is 0 Å². The third-order valence-electron chi connectivity index (χ3n) is 4.47. The van der Waals surface area contributed by atoms with Crippen LogP contribution in [0.2, 0.25) is 0 Å². The Kier molecular flexibility index (Phi) is 5.11. The van der Waals surface area contributed by atoms with Gasteiger partial charge in [-0.3, -0.25) is 0 Å². The van der Waals surface area contributed by atoms with Crippen LogP contribution in [-0.4, -0.2) is 37.6 Å². The Bertz CT molecular complexity index is 187. The van der Waals surface area contributed by atoms with E-state index in [0.29, 0.717) is 0 Å². The average molecular weight is 224 g/mol. The van der Waals surface area contributed by atoms with Gasteiger partial charge < -0.3 is 10.2 Å². The fourth-order valence-electron chi connectivity index (χ4n) is 3.25. The Morgan fingerprint density at radius 1 is 1.12 bits per heavy atom. The monoisotopic (exact) mass is 224 g/mol. The molecule has 0 aromatic carbocycles. The van der Waals surface area contributed by atoms with E-state index < -0.39 is 0 Å². The van der Waals surface area contributed by atoms with Crippen LogP contribution in [-0.2, 0) is 0 Å². The molecule has 2 aliphatic rings. The smallest absolute Gasteiger partial charge is 0.000664 e. The Hall–Kier alpha value is -0.0800. The molecular formula is C14H28N2. The van der Waals surface area contributed by atoms with Gasteiger partial charge in [0.2, 0.25) is 0 Å². The molecule has 2 unspecified atom stereocenters. The molecule has 0 bridgehead atoms. The van der Waals surface area contributed by atoms with Gasteiger partial charge in [-0.15, -0.1) is 0 Å². The highest BCUT2D eigenvalue weighted by molar-refractivity contribution is 4.76. The highest BCUT2D eigenvalue weighted by Crippen LogP contribution is 2.30. The number of rotatable bonds is 6. The minimum absolute atomic E-state index is 0.964. The van der Waals surface area contributed by atoms with Crippen molar-refractivity contribution in [1.29, 1.82) is 0 Å². The maximum atomic E-state index is 3.66. The normalized spacial score (nSPS) is 31.3. The van der Waals surface area contributed by atoms with Crippen molar-refractivity contribution in [3.8, 4) is 0 Å². The van der Waals surface area contributed by atoms with Crippen molar-refractivity contribution in [2.75, 3.05) is 32.7 Å². The van der Waals surface area contributed by atoms with Crippen molar-refractivity contribution in [3.63, 3.8) is 0 Å². The highest BCUT2D eigenvalue weighted by Gasteiger charge is 2.22. The van der Waals surface area contributed by atoms with Gasteiger partial charge in [-0.1, -0.05) is 19.8 Å². The second kappa shape index (κ2) is 6.61. The van der Waals surface area contributed by atoms with E-state index in [1.807, 2.05) is 0 Å². The molecule has 1 heterocycles. The maximum absolute atomic E-state index is 3.66. The van der Waals surface area contributed by atoms with Crippen LogP contribution in [0.4, 0.5) is 0 Å². The lowest BCUT2D eigenvalue weighted by atomic mass is 9.98. The predicted octanol–water partition coefficient (Wildman–Crippen LogP) is 2.50. The van der Waals surface area contributed by atoms with Crippen LogP contribution in [0.5, 0.6) is 0 Å². The number of hydrogen-bond donors (Lipinski definition) is 1. The fourth-order valence-corrected chi connectivity index (χ4v) is 3.25. The molecule has 1 aliphatic carbocycles. The van der Waals surface area contributed by atoms with Crippen molar-refractivity contribution in [3.05, 3.63) is 0 Å². The summed E-state index contributed by atoms with van der Waals surface area (Å²) >= 11 is 0. The van der Waals surface area contributed by atoms with E-state index in [4.69, 9.17) is 0 Å². The van der Waals surface area contributed by atoms with E-state index >= 15 is 0 Å². The number of nitrogens with zero attached hydrogens (tertiary/aromatic N) is 1. The Balaban J connectivity index is 1.45. The second-order valence-corrected chi connectivity index (χ2v) is 5.77. The van der Waals surface area contributed by atoms with Gasteiger partial charge in [-0.2, -0.15) is 0 Å². The van der Waals surface area contributed by atoms with Crippen molar-refractivity contribution < 1.29 is 0 Å². The average Bonchev–Trinajstić information content (AvgIpc) is 2.90. The Morgan fingerprint density at radius 2 is 1.94 bits per heavy atom. The van der Waals surface area contributed by atoms with Gasteiger partial charge in [0, 0.05) is 0 Å². The first kappa shape index (κ1) is 12.4. The topological polar surface area (TPSA) is 15.3 Å². The van der Waals surface area contributed by atoms with Gasteiger partial charge in [-0.25, -0.2) is 0 Å². The summed E-state index contributed by atoms with van der Waals surface area (Å²) in [5.41, 5.74) is 0. The molecular weight excluding hydrogens is 196 g/mol. The van der Waals surface area contributed by atoms with E-state index in [-0.39, 0.29) is 0 Å². The lowest BCUT2D eigenvalue weighted by molar-refractivity contribution is 0.325. The first-order valence-corrected chi connectivity index (χ1v) is 7.29. The molecule has 0 spiro atoms. The van der Waals surface area contributed by atoms with Gasteiger partial charge in [0.15, 0.2) is 0 Å². The molecule has 2 fully saturated rings. The molecule has 0 amide bonds. The third kappa shape index (κ3) is 3.74. The van der Waals surface area contributed by atoms with Gasteiger partial charge in [0.1, 0.15) is 0 Å². The van der Waals surface area contributed by atoms with E-state index in [0.717, 1.165) is 11.8 Å². The minimum Gasteiger partial charge on any atom is -0.316 e. The molecule has 94 valence electrons. The first-order valence-electron chi connectivity index (χ1n) is 7.29. The quantitative estimate of drug-likeness (QED) is 0.697. The molecule has 1 aliphatic heterocycles. The van der Waals surface area contributed by atoms with E-state index in [1.54, 1.807) is 0 Å². The molecule has 2 heteroatoms. The first-order chi connectivity index (χ1) is 7.86. The number of nitrogens with one attached hydrogen (secondary N) is 1. The second-order valence-electron chi connectivity index (χ2n) is 5.77. The van der Waals surface area contributed by atoms with Gasteiger partial charge in [0.05, 0.1) is 0 Å². The van der Waals surface area contributed by atoms with Crippen molar-refractivity contribution in [2.45, 2.75) is 45.4 Å². The summed E-state index contributed by atoms with van der Waals surface area (Å²) in [5.74, 6) is 1.93. The van der Waals surface area contributed by atoms with Crippen molar-refractivity contribution >= 4 is 0 Å². The fraction of sp³-hybridized carbons (Fsp3) is 1.00. The van der Waals surface area contributed by atoms with E-state index in [1.165, 1.54) is 71.2 Å². The van der Waals surface area contributed by atoms with E-state index in [9.17, 15) is 0 Å². The number of hydrogen-bond acceptors (Lipinski definition) is 2. The molecule has 1 N–H and O–H groups in total. The molecule has 0 radical (unpaired) electrons. The van der Waals surface area contributed by atoms with Crippen LogP contribution in [0.25, 0.3) is 0 Å². The third-order valence-corrected chi connectivity index (χ3v) is 4.47. The Morgan fingerprint density at radius 3 is 2.62 bits per heavy atom. The lowest BCUT2D eigenvalue weighted by Crippen LogP contribution is -2.28. The zero-order valence-electron chi connectivity index (χ0n) is 10.9. The molecule has 2 rings (SSSR count). The summed E-state index contributed by atoms with van der Waals surface area (Å²) in [6, 6.07) is 0. The van der Waals surface area contributed by atoms with Crippen LogP contribution < -0.4 is 5.32 Å². The molecule has 0 aromatic rings. The minimum atomic E-state index is 0.964. The van der Waals surface area contributed by atoms with Crippen LogP contribution >= 0.6 is 0 Å². The summed E-state index contributed by atoms with van der Waals surface area (Å²) in [7, 11) is 0. The highest BCUT2D eigenvalue weighted by atomic mass is 15.1. The summed E-state index contributed by atoms with van der Waals surface area (Å²) < 4.78 is 0. The molecule has 1 saturated heterocycles. The molecule has 16 heavy (non-hydrogen) atoms. The summed E-state index contributed by atoms with van der Waals surface area (Å²) in [4.78, 5) is 2.61. The maximum Gasteiger partial charge on any atom is -0.000664 e. The van der Waals surface area contributed by atoms with Gasteiger partial charge in [-0.05, 0) is 70.2 Å². The van der Waals surface area contributed by atoms with Crippen LogP contribution in [0.3, 0.4) is 0 Å². The van der Waals surface area contributed by atoms with Crippen molar-refractivity contribution in [2.24, 2.45) is 11.8 Å². The molecule has 2 nitrogen and oxygen atoms in total. The van der Waals surface area contributed by atoms with Crippen LogP contribution in [0.1, 0.15) is 45.4 Å². The summed E-state index contributed by atoms with van der Waals surface area (Å²) in [6.07, 6.45) is 8.56. The van der Waals surface area contributed by atoms with Crippen molar-refractivity contribution in [1.82, 2.24) is 10.2 Å². The van der Waals surface area contributed by atoms with Gasteiger partial charge >= 0.3 is 0 Å². The predicted molar refractivity (Wildman–Crippen MR) is 69.7 cm³/mol. The molecule has 2 atom stereocenters. The largest absolute Gasteiger partial charge is 0.316 e. The van der Waals surface area contributed by atoms with Gasteiger partial charge in [0.25, 0.3) is 0 Å². The SMILES string of the molecule is CC1CCCC1CNCCCN1CCCC1. The lowest BCUT2D eigenvalue weighted by Gasteiger charge is -2.17. The standard InChI is InChI=1S/C14H28N2/c1-13-6-4-7-14(13)12-15-8-5-11-16-9-2-3-10-16/h13-15H,2-12H2,1H3. The summed E-state index contributed by atoms with van der Waals surface area (Å²) in [6.45, 7) is 8.91. The van der Waals surface area contributed by atoms with E-state index in [2.05, 4.69) is 17.1 Å². The molecule has 0 aromatic heterocycles. The summed E-state index contributed by atoms with van der Waals surface area (Å²) in [5, 5.41) is 3.66. The number of likely N-dealkylation sites (tertiary alicyclic amines) is 1. The zero-order valence-corrected chi connectivity index (χ0v) is 10.9. The molecule has 1 saturated carbocycles.